The highest BCUT2D eigenvalue weighted by molar-refractivity contribution is 5.92. The molecule has 1 aliphatic heterocycles. The lowest BCUT2D eigenvalue weighted by atomic mass is 10.1. The van der Waals surface area contributed by atoms with Crippen LogP contribution < -0.4 is 16.8 Å². The number of aromatic amines is 1. The van der Waals surface area contributed by atoms with E-state index in [0.29, 0.717) is 25.1 Å². The predicted octanol–water partition coefficient (Wildman–Crippen LogP) is -1.89. The molecule has 11 nitrogen and oxygen atoms in total. The molecule has 0 saturated carbocycles. The zero-order valence-corrected chi connectivity index (χ0v) is 14.8. The third kappa shape index (κ3) is 5.51. The Labute approximate surface area is 155 Å². The van der Waals surface area contributed by atoms with E-state index >= 15 is 0 Å². The number of amides is 3. The molecule has 2 rings (SSSR count). The standard InChI is InChI=1S/C16H24N6O5/c17-10(3-4-13(18)23)15(25)22-5-1-2-12(22)14(24)21-11(16(26)27)6-9-7-19-8-20-9/h7-8,10-12H,1-6,17H2,(H2,18,23)(H,19,20)(H,21,24)(H,26,27). The number of hydrogen-bond acceptors (Lipinski definition) is 6. The van der Waals surface area contributed by atoms with E-state index in [1.54, 1.807) is 0 Å². The summed E-state index contributed by atoms with van der Waals surface area (Å²) in [7, 11) is 0. The second-order valence-corrected chi connectivity index (χ2v) is 6.48. The highest BCUT2D eigenvalue weighted by Gasteiger charge is 2.37. The van der Waals surface area contributed by atoms with Crippen molar-refractivity contribution in [2.24, 2.45) is 11.5 Å². The number of aromatic nitrogens is 2. The molecule has 0 radical (unpaired) electrons. The Bertz CT molecular complexity index is 691. The number of nitrogens with zero attached hydrogens (tertiary/aromatic N) is 2. The van der Waals surface area contributed by atoms with Gasteiger partial charge in [-0.2, -0.15) is 0 Å². The highest BCUT2D eigenvalue weighted by Crippen LogP contribution is 2.19. The number of primary amides is 1. The number of nitrogens with two attached hydrogens (primary N) is 2. The third-order valence-electron chi connectivity index (χ3n) is 4.45. The fraction of sp³-hybridized carbons (Fsp3) is 0.562. The van der Waals surface area contributed by atoms with Crippen LogP contribution >= 0.6 is 0 Å². The molecule has 1 aromatic rings. The van der Waals surface area contributed by atoms with E-state index in [9.17, 15) is 24.3 Å². The van der Waals surface area contributed by atoms with Gasteiger partial charge in [-0.05, 0) is 19.3 Å². The molecule has 3 amide bonds. The first-order valence-electron chi connectivity index (χ1n) is 8.64. The molecule has 0 aliphatic carbocycles. The number of aliphatic carboxylic acids is 1. The number of imidazole rings is 1. The summed E-state index contributed by atoms with van der Waals surface area (Å²) < 4.78 is 0. The van der Waals surface area contributed by atoms with Crippen molar-refractivity contribution in [2.75, 3.05) is 6.54 Å². The van der Waals surface area contributed by atoms with E-state index in [-0.39, 0.29) is 19.3 Å². The smallest absolute Gasteiger partial charge is 0.326 e. The van der Waals surface area contributed by atoms with E-state index in [0.717, 1.165) is 0 Å². The average molecular weight is 380 g/mol. The normalized spacial score (nSPS) is 18.7. The van der Waals surface area contributed by atoms with Gasteiger partial charge < -0.3 is 31.8 Å². The number of hydrogen-bond donors (Lipinski definition) is 5. The van der Waals surface area contributed by atoms with Crippen molar-refractivity contribution in [3.05, 3.63) is 18.2 Å². The maximum atomic E-state index is 12.6. The number of carboxylic acids is 1. The van der Waals surface area contributed by atoms with E-state index in [2.05, 4.69) is 15.3 Å². The zero-order chi connectivity index (χ0) is 20.0. The molecule has 1 aromatic heterocycles. The Morgan fingerprint density at radius 1 is 1.41 bits per heavy atom. The predicted molar refractivity (Wildman–Crippen MR) is 93.0 cm³/mol. The van der Waals surface area contributed by atoms with Crippen LogP contribution in [-0.4, -0.2) is 68.3 Å². The molecule has 0 bridgehead atoms. The molecule has 1 fully saturated rings. The lowest BCUT2D eigenvalue weighted by Crippen LogP contribution is -2.54. The Morgan fingerprint density at radius 2 is 2.15 bits per heavy atom. The average Bonchev–Trinajstić information content (AvgIpc) is 3.29. The summed E-state index contributed by atoms with van der Waals surface area (Å²) in [6.07, 6.45) is 4.02. The molecule has 0 spiro atoms. The van der Waals surface area contributed by atoms with Crippen LogP contribution in [0.25, 0.3) is 0 Å². The monoisotopic (exact) mass is 380 g/mol. The first-order valence-corrected chi connectivity index (χ1v) is 8.64. The maximum Gasteiger partial charge on any atom is 0.326 e. The number of carboxylic acid groups (broad SMARTS) is 1. The van der Waals surface area contributed by atoms with E-state index < -0.39 is 41.8 Å². The molecule has 1 saturated heterocycles. The molecule has 0 aromatic carbocycles. The van der Waals surface area contributed by atoms with E-state index in [1.807, 2.05) is 0 Å². The van der Waals surface area contributed by atoms with Gasteiger partial charge >= 0.3 is 5.97 Å². The fourth-order valence-electron chi connectivity index (χ4n) is 3.02. The van der Waals surface area contributed by atoms with Crippen molar-refractivity contribution in [3.63, 3.8) is 0 Å². The van der Waals surface area contributed by atoms with Crippen LogP contribution in [0, 0.1) is 0 Å². The Hall–Kier alpha value is -2.95. The number of H-pyrrole nitrogens is 1. The minimum Gasteiger partial charge on any atom is -0.480 e. The molecule has 3 atom stereocenters. The van der Waals surface area contributed by atoms with Crippen molar-refractivity contribution in [1.82, 2.24) is 20.2 Å². The second kappa shape index (κ2) is 9.12. The largest absolute Gasteiger partial charge is 0.480 e. The first kappa shape index (κ1) is 20.4. The molecule has 11 heteroatoms. The molecule has 1 aliphatic rings. The lowest BCUT2D eigenvalue weighted by Gasteiger charge is -2.27. The van der Waals surface area contributed by atoms with Crippen LogP contribution in [0.3, 0.4) is 0 Å². The van der Waals surface area contributed by atoms with Crippen molar-refractivity contribution < 1.29 is 24.3 Å². The van der Waals surface area contributed by atoms with Gasteiger partial charge in [-0.25, -0.2) is 9.78 Å². The molecule has 148 valence electrons. The molecular weight excluding hydrogens is 356 g/mol. The van der Waals surface area contributed by atoms with Gasteiger partial charge in [0.2, 0.25) is 17.7 Å². The Balaban J connectivity index is 1.99. The molecule has 3 unspecified atom stereocenters. The van der Waals surface area contributed by atoms with Gasteiger partial charge in [0.1, 0.15) is 12.1 Å². The van der Waals surface area contributed by atoms with Crippen molar-refractivity contribution in [1.29, 1.82) is 0 Å². The Morgan fingerprint density at radius 3 is 2.74 bits per heavy atom. The maximum absolute atomic E-state index is 12.6. The fourth-order valence-corrected chi connectivity index (χ4v) is 3.02. The number of likely N-dealkylation sites (tertiary alicyclic amines) is 1. The van der Waals surface area contributed by atoms with Crippen LogP contribution in [0.2, 0.25) is 0 Å². The quantitative estimate of drug-likeness (QED) is 0.331. The molecule has 7 N–H and O–H groups in total. The van der Waals surface area contributed by atoms with Crippen LogP contribution in [0.15, 0.2) is 12.5 Å². The molecule has 27 heavy (non-hydrogen) atoms. The first-order chi connectivity index (χ1) is 12.8. The summed E-state index contributed by atoms with van der Waals surface area (Å²) in [6, 6.07) is -2.88. The van der Waals surface area contributed by atoms with Gasteiger partial charge in [-0.1, -0.05) is 0 Å². The summed E-state index contributed by atoms with van der Waals surface area (Å²) in [6.45, 7) is 0.347. The van der Waals surface area contributed by atoms with Crippen molar-refractivity contribution >= 4 is 23.7 Å². The summed E-state index contributed by atoms with van der Waals surface area (Å²) in [4.78, 5) is 55.3. The highest BCUT2D eigenvalue weighted by atomic mass is 16.4. The van der Waals surface area contributed by atoms with Crippen molar-refractivity contribution in [3.8, 4) is 0 Å². The Kier molecular flexibility index (Phi) is 6.88. The van der Waals surface area contributed by atoms with Gasteiger partial charge in [0, 0.05) is 31.3 Å². The zero-order valence-electron chi connectivity index (χ0n) is 14.8. The van der Waals surface area contributed by atoms with Crippen molar-refractivity contribution in [2.45, 2.75) is 50.2 Å². The molecule has 2 heterocycles. The summed E-state index contributed by atoms with van der Waals surface area (Å²) >= 11 is 0. The van der Waals surface area contributed by atoms with Gasteiger partial charge in [-0.3, -0.25) is 14.4 Å². The van der Waals surface area contributed by atoms with Gasteiger partial charge in [0.05, 0.1) is 12.4 Å². The minimum atomic E-state index is -1.19. The van der Waals surface area contributed by atoms with Gasteiger partial charge in [0.15, 0.2) is 0 Å². The number of carbonyl (C=O) groups excluding carboxylic acids is 3. The van der Waals surface area contributed by atoms with Crippen LogP contribution in [0.1, 0.15) is 31.4 Å². The van der Waals surface area contributed by atoms with Gasteiger partial charge in [-0.15, -0.1) is 0 Å². The topological polar surface area (TPSA) is 184 Å². The number of carbonyl (C=O) groups is 4. The van der Waals surface area contributed by atoms with E-state index in [1.165, 1.54) is 17.4 Å². The summed E-state index contributed by atoms with van der Waals surface area (Å²) in [5.74, 6) is -2.74. The van der Waals surface area contributed by atoms with E-state index in [4.69, 9.17) is 11.5 Å². The van der Waals surface area contributed by atoms with Crippen LogP contribution in [0.5, 0.6) is 0 Å². The minimum absolute atomic E-state index is 0.0249. The summed E-state index contributed by atoms with van der Waals surface area (Å²) in [5.41, 5.74) is 11.4. The lowest BCUT2D eigenvalue weighted by molar-refractivity contribution is -0.144. The number of nitrogens with one attached hydrogen (secondary N) is 2. The third-order valence-corrected chi connectivity index (χ3v) is 4.45. The SMILES string of the molecule is NC(=O)CCC(N)C(=O)N1CCCC1C(=O)NC(Cc1cnc[nH]1)C(=O)O. The summed E-state index contributed by atoms with van der Waals surface area (Å²) in [5, 5.41) is 11.8. The number of rotatable bonds is 9. The van der Waals surface area contributed by atoms with Crippen LogP contribution in [0.4, 0.5) is 0 Å². The van der Waals surface area contributed by atoms with Gasteiger partial charge in [0.25, 0.3) is 0 Å². The van der Waals surface area contributed by atoms with Crippen LogP contribution in [-0.2, 0) is 25.6 Å². The second-order valence-electron chi connectivity index (χ2n) is 6.48. The molecular formula is C16H24N6O5.